The van der Waals surface area contributed by atoms with Crippen LogP contribution in [0.3, 0.4) is 0 Å². The lowest BCUT2D eigenvalue weighted by molar-refractivity contribution is -0.136. The molecule has 2 aliphatic heterocycles. The number of carbonyl (C=O) groups excluding carboxylic acids is 3. The summed E-state index contributed by atoms with van der Waals surface area (Å²) in [5.74, 6) is -0.636. The molecule has 0 aliphatic carbocycles. The Hall–Kier alpha value is -2.44. The summed E-state index contributed by atoms with van der Waals surface area (Å²) in [7, 11) is 0. The molecule has 2 aliphatic rings. The largest absolute Gasteiger partial charge is 0.322 e. The summed E-state index contributed by atoms with van der Waals surface area (Å²) >= 11 is 12.0. The molecule has 0 saturated carbocycles. The molecule has 1 atom stereocenters. The van der Waals surface area contributed by atoms with Crippen molar-refractivity contribution in [3.63, 3.8) is 0 Å². The van der Waals surface area contributed by atoms with Gasteiger partial charge in [-0.3, -0.25) is 24.7 Å². The van der Waals surface area contributed by atoms with Crippen molar-refractivity contribution in [2.75, 3.05) is 0 Å². The second-order valence-electron chi connectivity index (χ2n) is 6.57. The monoisotopic (exact) mass is 403 g/mol. The lowest BCUT2D eigenvalue weighted by atomic mass is 10.0. The van der Waals surface area contributed by atoms with Crippen LogP contribution in [0.4, 0.5) is 0 Å². The van der Waals surface area contributed by atoms with Crippen LogP contribution in [0.1, 0.15) is 34.3 Å². The van der Waals surface area contributed by atoms with Gasteiger partial charge in [-0.05, 0) is 35.7 Å². The first kappa shape index (κ1) is 17.9. The van der Waals surface area contributed by atoms with Crippen molar-refractivity contribution >= 4 is 40.9 Å². The van der Waals surface area contributed by atoms with Gasteiger partial charge in [0.15, 0.2) is 0 Å². The number of fused-ring (bicyclic) bond motifs is 1. The fraction of sp³-hybridized carbons (Fsp3) is 0.263. The van der Waals surface area contributed by atoms with E-state index in [4.69, 9.17) is 23.2 Å². The lowest BCUT2D eigenvalue weighted by Crippen LogP contribution is -2.52. The van der Waals surface area contributed by atoms with Crippen LogP contribution in [-0.4, -0.2) is 33.6 Å². The molecule has 6 nitrogen and oxygen atoms in total. The number of halogens is 2. The van der Waals surface area contributed by atoms with Gasteiger partial charge in [-0.2, -0.15) is 0 Å². The normalized spacial score (nSPS) is 19.3. The summed E-state index contributed by atoms with van der Waals surface area (Å²) in [6.07, 6.45) is 2.13. The maximum atomic E-state index is 12.7. The minimum absolute atomic E-state index is 0.198. The Labute approximate surface area is 165 Å². The number of nitrogens with zero attached hydrogens (tertiary/aromatic N) is 2. The number of hydrogen-bond acceptors (Lipinski definition) is 4. The number of aromatic nitrogens is 1. The fourth-order valence-corrected chi connectivity index (χ4v) is 3.93. The van der Waals surface area contributed by atoms with Gasteiger partial charge in [-0.15, -0.1) is 11.6 Å². The second kappa shape index (κ2) is 6.94. The molecule has 1 saturated heterocycles. The molecule has 8 heteroatoms. The van der Waals surface area contributed by atoms with Gasteiger partial charge in [0, 0.05) is 36.2 Å². The molecular weight excluding hydrogens is 389 g/mol. The van der Waals surface area contributed by atoms with E-state index in [0.29, 0.717) is 29.2 Å². The number of carbonyl (C=O) groups is 3. The molecule has 1 fully saturated rings. The third kappa shape index (κ3) is 3.19. The first-order chi connectivity index (χ1) is 13.0. The number of nitrogens with one attached hydrogen (secondary N) is 1. The highest BCUT2D eigenvalue weighted by atomic mass is 35.5. The molecule has 3 heterocycles. The molecule has 3 amide bonds. The smallest absolute Gasteiger partial charge is 0.255 e. The van der Waals surface area contributed by atoms with Crippen LogP contribution < -0.4 is 5.32 Å². The molecule has 0 radical (unpaired) electrons. The zero-order valence-corrected chi connectivity index (χ0v) is 15.7. The molecular formula is C19H15Cl2N3O3. The third-order valence-electron chi connectivity index (χ3n) is 4.90. The average Bonchev–Trinajstić information content (AvgIpc) is 2.98. The van der Waals surface area contributed by atoms with Gasteiger partial charge < -0.3 is 4.90 Å². The van der Waals surface area contributed by atoms with E-state index in [9.17, 15) is 14.4 Å². The van der Waals surface area contributed by atoms with E-state index in [-0.39, 0.29) is 24.1 Å². The van der Waals surface area contributed by atoms with E-state index in [2.05, 4.69) is 10.3 Å². The Balaban J connectivity index is 1.63. The number of alkyl halides is 1. The van der Waals surface area contributed by atoms with Crippen LogP contribution in [0.15, 0.2) is 30.5 Å². The standard InChI is InChI=1S/C19H15Cl2N3O3/c20-7-11-6-15(22-8-14(11)21)10-1-2-13-12(5-10)9-24(19(13)27)16-3-4-17(25)23-18(16)26/h1-2,5-6,8,16H,3-4,7,9H2,(H,23,25,26). The summed E-state index contributed by atoms with van der Waals surface area (Å²) < 4.78 is 0. The van der Waals surface area contributed by atoms with Gasteiger partial charge in [0.05, 0.1) is 10.7 Å². The number of amides is 3. The second-order valence-corrected chi connectivity index (χ2v) is 7.24. The van der Waals surface area contributed by atoms with Crippen molar-refractivity contribution in [2.45, 2.75) is 31.3 Å². The predicted octanol–water partition coefficient (Wildman–Crippen LogP) is 2.90. The Bertz CT molecular complexity index is 977. The summed E-state index contributed by atoms with van der Waals surface area (Å²) in [6, 6.07) is 6.66. The number of pyridine rings is 1. The Morgan fingerprint density at radius 1 is 1.22 bits per heavy atom. The molecule has 138 valence electrons. The van der Waals surface area contributed by atoms with E-state index in [1.54, 1.807) is 12.3 Å². The van der Waals surface area contributed by atoms with Crippen molar-refractivity contribution in [3.05, 3.63) is 52.2 Å². The first-order valence-corrected chi connectivity index (χ1v) is 9.37. The summed E-state index contributed by atoms with van der Waals surface area (Å²) in [4.78, 5) is 42.1. The molecule has 1 N–H and O–H groups in total. The molecule has 0 bridgehead atoms. The van der Waals surface area contributed by atoms with E-state index in [1.165, 1.54) is 4.90 Å². The van der Waals surface area contributed by atoms with Crippen LogP contribution in [-0.2, 0) is 22.0 Å². The Morgan fingerprint density at radius 2 is 2.04 bits per heavy atom. The average molecular weight is 404 g/mol. The van der Waals surface area contributed by atoms with Crippen molar-refractivity contribution in [1.29, 1.82) is 0 Å². The summed E-state index contributed by atoms with van der Waals surface area (Å²) in [6.45, 7) is 0.324. The minimum Gasteiger partial charge on any atom is -0.322 e. The van der Waals surface area contributed by atoms with Gasteiger partial charge in [0.2, 0.25) is 11.8 Å². The van der Waals surface area contributed by atoms with Gasteiger partial charge >= 0.3 is 0 Å². The highest BCUT2D eigenvalue weighted by molar-refractivity contribution is 6.32. The van der Waals surface area contributed by atoms with Crippen molar-refractivity contribution in [2.24, 2.45) is 0 Å². The number of piperidine rings is 1. The van der Waals surface area contributed by atoms with Crippen LogP contribution in [0, 0.1) is 0 Å². The van der Waals surface area contributed by atoms with Gasteiger partial charge in [0.1, 0.15) is 6.04 Å². The summed E-state index contributed by atoms with van der Waals surface area (Å²) in [5, 5.41) is 2.81. The molecule has 27 heavy (non-hydrogen) atoms. The topological polar surface area (TPSA) is 79.4 Å². The lowest BCUT2D eigenvalue weighted by Gasteiger charge is -2.29. The molecule has 0 spiro atoms. The third-order valence-corrected chi connectivity index (χ3v) is 5.53. The first-order valence-electron chi connectivity index (χ1n) is 8.46. The molecule has 2 aromatic rings. The van der Waals surface area contributed by atoms with Crippen LogP contribution >= 0.6 is 23.2 Å². The van der Waals surface area contributed by atoms with Gasteiger partial charge in [-0.1, -0.05) is 17.7 Å². The molecule has 1 aromatic heterocycles. The number of benzene rings is 1. The molecule has 1 aromatic carbocycles. The highest BCUT2D eigenvalue weighted by Gasteiger charge is 2.39. The maximum Gasteiger partial charge on any atom is 0.255 e. The van der Waals surface area contributed by atoms with E-state index in [1.807, 2.05) is 18.2 Å². The minimum atomic E-state index is -0.623. The van der Waals surface area contributed by atoms with E-state index < -0.39 is 11.9 Å². The van der Waals surface area contributed by atoms with Gasteiger partial charge in [-0.25, -0.2) is 0 Å². The number of imide groups is 1. The van der Waals surface area contributed by atoms with Gasteiger partial charge in [0.25, 0.3) is 5.91 Å². The number of hydrogen-bond donors (Lipinski definition) is 1. The quantitative estimate of drug-likeness (QED) is 0.630. The van der Waals surface area contributed by atoms with Crippen molar-refractivity contribution < 1.29 is 14.4 Å². The number of rotatable bonds is 3. The van der Waals surface area contributed by atoms with Crippen molar-refractivity contribution in [1.82, 2.24) is 15.2 Å². The van der Waals surface area contributed by atoms with E-state index >= 15 is 0 Å². The summed E-state index contributed by atoms with van der Waals surface area (Å²) in [5.41, 5.74) is 3.73. The molecule has 4 rings (SSSR count). The van der Waals surface area contributed by atoms with Crippen LogP contribution in [0.2, 0.25) is 5.02 Å². The zero-order chi connectivity index (χ0) is 19.1. The Kier molecular flexibility index (Phi) is 4.61. The van der Waals surface area contributed by atoms with Crippen LogP contribution in [0.5, 0.6) is 0 Å². The zero-order valence-electron chi connectivity index (χ0n) is 14.2. The van der Waals surface area contributed by atoms with Crippen molar-refractivity contribution in [3.8, 4) is 11.3 Å². The highest BCUT2D eigenvalue weighted by Crippen LogP contribution is 2.31. The Morgan fingerprint density at radius 3 is 2.78 bits per heavy atom. The molecule has 1 unspecified atom stereocenters. The van der Waals surface area contributed by atoms with Crippen LogP contribution in [0.25, 0.3) is 11.3 Å². The SMILES string of the molecule is O=C1CCC(N2Cc3cc(-c4cc(CCl)c(Cl)cn4)ccc3C2=O)C(=O)N1. The van der Waals surface area contributed by atoms with E-state index in [0.717, 1.165) is 16.7 Å². The fourth-order valence-electron chi connectivity index (χ4n) is 3.47. The predicted molar refractivity (Wildman–Crippen MR) is 100 cm³/mol. The maximum absolute atomic E-state index is 12.7.